The number of benzene rings is 3. The summed E-state index contributed by atoms with van der Waals surface area (Å²) in [4.78, 5) is 30.5. The third kappa shape index (κ3) is 6.54. The lowest BCUT2D eigenvalue weighted by molar-refractivity contribution is -0.116. The smallest absolute Gasteiger partial charge is 0.242 e. The highest BCUT2D eigenvalue weighted by molar-refractivity contribution is 8.00. The fourth-order valence-corrected chi connectivity index (χ4v) is 4.40. The summed E-state index contributed by atoms with van der Waals surface area (Å²) in [5.74, 6) is -0.214. The van der Waals surface area contributed by atoms with E-state index in [1.165, 1.54) is 11.8 Å². The maximum absolute atomic E-state index is 13.2. The van der Waals surface area contributed by atoms with Gasteiger partial charge in [-0.15, -0.1) is 11.8 Å². The second kappa shape index (κ2) is 11.1. The Morgan fingerprint density at radius 2 is 1.45 bits per heavy atom. The van der Waals surface area contributed by atoms with E-state index in [1.807, 2.05) is 84.9 Å². The van der Waals surface area contributed by atoms with Gasteiger partial charge in [-0.05, 0) is 41.5 Å². The van der Waals surface area contributed by atoms with Crippen LogP contribution in [0.1, 0.15) is 16.4 Å². The van der Waals surface area contributed by atoms with Crippen molar-refractivity contribution in [3.05, 3.63) is 121 Å². The Kier molecular flexibility index (Phi) is 7.51. The van der Waals surface area contributed by atoms with Crippen molar-refractivity contribution in [2.45, 2.75) is 16.6 Å². The molecule has 1 atom stereocenters. The topological polar surface area (TPSA) is 71.1 Å². The van der Waals surface area contributed by atoms with Gasteiger partial charge >= 0.3 is 0 Å². The van der Waals surface area contributed by atoms with E-state index in [4.69, 9.17) is 0 Å². The van der Waals surface area contributed by atoms with E-state index in [2.05, 4.69) is 15.6 Å². The molecular weight excluding hydrogens is 430 g/mol. The van der Waals surface area contributed by atoms with E-state index in [0.717, 1.165) is 16.0 Å². The van der Waals surface area contributed by atoms with Crippen molar-refractivity contribution in [1.82, 2.24) is 4.98 Å². The average molecular weight is 454 g/mol. The van der Waals surface area contributed by atoms with Gasteiger partial charge in [0.2, 0.25) is 11.8 Å². The quantitative estimate of drug-likeness (QED) is 0.334. The highest BCUT2D eigenvalue weighted by Crippen LogP contribution is 2.37. The number of anilines is 2. The van der Waals surface area contributed by atoms with E-state index in [9.17, 15) is 9.59 Å². The van der Waals surface area contributed by atoms with E-state index < -0.39 is 5.25 Å². The van der Waals surface area contributed by atoms with Crippen molar-refractivity contribution in [3.63, 3.8) is 0 Å². The van der Waals surface area contributed by atoms with Gasteiger partial charge in [0.1, 0.15) is 5.25 Å². The third-order valence-electron chi connectivity index (χ3n) is 4.87. The zero-order valence-electron chi connectivity index (χ0n) is 17.8. The van der Waals surface area contributed by atoms with E-state index in [0.29, 0.717) is 17.8 Å². The number of carbonyl (C=O) groups is 2. The molecule has 0 bridgehead atoms. The van der Waals surface area contributed by atoms with Crippen LogP contribution in [-0.2, 0) is 16.0 Å². The number of carbonyl (C=O) groups excluding carboxylic acids is 2. The van der Waals surface area contributed by atoms with Gasteiger partial charge in [-0.2, -0.15) is 0 Å². The van der Waals surface area contributed by atoms with Crippen molar-refractivity contribution in [3.8, 4) is 0 Å². The lowest BCUT2D eigenvalue weighted by Crippen LogP contribution is -2.19. The summed E-state index contributed by atoms with van der Waals surface area (Å²) < 4.78 is 0. The predicted octanol–water partition coefficient (Wildman–Crippen LogP) is 5.73. The molecule has 0 saturated carbocycles. The van der Waals surface area contributed by atoms with Gasteiger partial charge in [-0.1, -0.05) is 66.7 Å². The molecule has 4 rings (SSSR count). The molecule has 33 heavy (non-hydrogen) atoms. The Balaban J connectivity index is 1.49. The average Bonchev–Trinajstić information content (AvgIpc) is 2.84. The molecule has 1 aromatic heterocycles. The summed E-state index contributed by atoms with van der Waals surface area (Å²) in [6.07, 6.45) is 3.59. The zero-order chi connectivity index (χ0) is 22.9. The molecule has 6 heteroatoms. The molecular formula is C27H23N3O2S. The first-order chi connectivity index (χ1) is 16.2. The number of pyridine rings is 1. The van der Waals surface area contributed by atoms with Crippen LogP contribution in [0, 0.1) is 0 Å². The summed E-state index contributed by atoms with van der Waals surface area (Å²) in [5.41, 5.74) is 3.24. The molecule has 164 valence electrons. The first-order valence-electron chi connectivity index (χ1n) is 10.5. The minimum atomic E-state index is -0.463. The van der Waals surface area contributed by atoms with Crippen LogP contribution in [0.5, 0.6) is 0 Å². The van der Waals surface area contributed by atoms with Gasteiger partial charge in [0.05, 0.1) is 6.42 Å². The number of hydrogen-bond donors (Lipinski definition) is 2. The molecule has 0 fully saturated rings. The van der Waals surface area contributed by atoms with Crippen molar-refractivity contribution in [2.24, 2.45) is 0 Å². The largest absolute Gasteiger partial charge is 0.326 e. The van der Waals surface area contributed by atoms with Crippen LogP contribution in [0.25, 0.3) is 0 Å². The molecule has 0 spiro atoms. The lowest BCUT2D eigenvalue weighted by atomic mass is 10.1. The van der Waals surface area contributed by atoms with Crippen molar-refractivity contribution < 1.29 is 9.59 Å². The van der Waals surface area contributed by atoms with Gasteiger partial charge in [0.15, 0.2) is 0 Å². The van der Waals surface area contributed by atoms with Gasteiger partial charge in [-0.3, -0.25) is 14.6 Å². The first kappa shape index (κ1) is 22.3. The summed E-state index contributed by atoms with van der Waals surface area (Å²) in [5, 5.41) is 5.46. The van der Waals surface area contributed by atoms with Crippen LogP contribution in [-0.4, -0.2) is 16.8 Å². The van der Waals surface area contributed by atoms with Crippen molar-refractivity contribution in [1.29, 1.82) is 0 Å². The third-order valence-corrected chi connectivity index (χ3v) is 6.12. The molecule has 2 N–H and O–H groups in total. The maximum atomic E-state index is 13.2. The van der Waals surface area contributed by atoms with Crippen LogP contribution in [0.3, 0.4) is 0 Å². The molecule has 0 radical (unpaired) electrons. The molecule has 1 unspecified atom stereocenters. The highest BCUT2D eigenvalue weighted by Gasteiger charge is 2.22. The monoisotopic (exact) mass is 453 g/mol. The van der Waals surface area contributed by atoms with Crippen LogP contribution in [0.15, 0.2) is 114 Å². The van der Waals surface area contributed by atoms with Gasteiger partial charge in [0.25, 0.3) is 0 Å². The molecule has 4 aromatic rings. The molecule has 1 heterocycles. The first-order valence-corrected chi connectivity index (χ1v) is 11.4. The number of aromatic nitrogens is 1. The second-order valence-electron chi connectivity index (χ2n) is 7.37. The maximum Gasteiger partial charge on any atom is 0.242 e. The number of amides is 2. The SMILES string of the molecule is O=C(Cc1ccccc1)Nc1cccc(SC(C(=O)Nc2ccncc2)c2ccccc2)c1. The fourth-order valence-electron chi connectivity index (χ4n) is 3.31. The summed E-state index contributed by atoms with van der Waals surface area (Å²) >= 11 is 1.44. The highest BCUT2D eigenvalue weighted by atomic mass is 32.2. The number of thioether (sulfide) groups is 1. The number of nitrogens with one attached hydrogen (secondary N) is 2. The minimum absolute atomic E-state index is 0.0848. The molecule has 0 aliphatic carbocycles. The van der Waals surface area contributed by atoms with Gasteiger partial charge in [0, 0.05) is 28.7 Å². The predicted molar refractivity (Wildman–Crippen MR) is 133 cm³/mol. The Hall–Kier alpha value is -3.90. The Morgan fingerprint density at radius 3 is 2.18 bits per heavy atom. The molecule has 0 aliphatic rings. The number of hydrogen-bond acceptors (Lipinski definition) is 4. The Bertz CT molecular complexity index is 1200. The Morgan fingerprint density at radius 1 is 0.758 bits per heavy atom. The fraction of sp³-hybridized carbons (Fsp3) is 0.0741. The molecule has 0 saturated heterocycles. The van der Waals surface area contributed by atoms with E-state index in [1.54, 1.807) is 24.5 Å². The van der Waals surface area contributed by atoms with Crippen LogP contribution in [0.2, 0.25) is 0 Å². The van der Waals surface area contributed by atoms with Crippen LogP contribution < -0.4 is 10.6 Å². The lowest BCUT2D eigenvalue weighted by Gasteiger charge is -2.17. The van der Waals surface area contributed by atoms with Gasteiger partial charge in [-0.25, -0.2) is 0 Å². The van der Waals surface area contributed by atoms with E-state index >= 15 is 0 Å². The Labute approximate surface area is 197 Å². The molecule has 5 nitrogen and oxygen atoms in total. The van der Waals surface area contributed by atoms with Gasteiger partial charge < -0.3 is 10.6 Å². The molecule has 3 aromatic carbocycles. The summed E-state index contributed by atoms with van der Waals surface area (Å²) in [6.45, 7) is 0. The van der Waals surface area contributed by atoms with Crippen molar-refractivity contribution in [2.75, 3.05) is 10.6 Å². The number of rotatable bonds is 8. The van der Waals surface area contributed by atoms with E-state index in [-0.39, 0.29) is 11.8 Å². The zero-order valence-corrected chi connectivity index (χ0v) is 18.7. The van der Waals surface area contributed by atoms with Crippen LogP contribution >= 0.6 is 11.8 Å². The summed E-state index contributed by atoms with van der Waals surface area (Å²) in [6, 6.07) is 30.3. The minimum Gasteiger partial charge on any atom is -0.326 e. The molecule has 0 aliphatic heterocycles. The molecule has 2 amide bonds. The van der Waals surface area contributed by atoms with Crippen LogP contribution in [0.4, 0.5) is 11.4 Å². The number of nitrogens with zero attached hydrogens (tertiary/aromatic N) is 1. The second-order valence-corrected chi connectivity index (χ2v) is 8.55. The normalized spacial score (nSPS) is 11.4. The standard InChI is InChI=1S/C27H23N3O2S/c31-25(18-20-8-3-1-4-9-20)29-23-12-7-13-24(19-23)33-26(21-10-5-2-6-11-21)27(32)30-22-14-16-28-17-15-22/h1-17,19,26H,18H2,(H,29,31)(H,28,30,32). The summed E-state index contributed by atoms with van der Waals surface area (Å²) in [7, 11) is 0. The van der Waals surface area contributed by atoms with Crippen molar-refractivity contribution >= 4 is 35.0 Å².